The van der Waals surface area contributed by atoms with E-state index in [9.17, 15) is 4.79 Å². The van der Waals surface area contributed by atoms with Crippen molar-refractivity contribution >= 4 is 5.91 Å². The van der Waals surface area contributed by atoms with Gasteiger partial charge in [-0.3, -0.25) is 4.79 Å². The van der Waals surface area contributed by atoms with Gasteiger partial charge in [-0.2, -0.15) is 0 Å². The minimum absolute atomic E-state index is 0.0854. The number of carbonyl (C=O) groups is 1. The first-order valence-electron chi connectivity index (χ1n) is 10.8. The van der Waals surface area contributed by atoms with Crippen LogP contribution < -0.4 is 5.73 Å². The molecule has 0 aromatic heterocycles. The van der Waals surface area contributed by atoms with Crippen LogP contribution in [0.3, 0.4) is 0 Å². The fourth-order valence-corrected chi connectivity index (χ4v) is 4.95. The molecule has 2 aliphatic rings. The Kier molecular flexibility index (Phi) is 7.31. The van der Waals surface area contributed by atoms with Crippen LogP contribution in [0.5, 0.6) is 0 Å². The van der Waals surface area contributed by atoms with Crippen molar-refractivity contribution in [2.45, 2.75) is 57.9 Å². The van der Waals surface area contributed by atoms with Crippen molar-refractivity contribution in [2.75, 3.05) is 33.2 Å². The molecule has 4 nitrogen and oxygen atoms in total. The lowest BCUT2D eigenvalue weighted by Crippen LogP contribution is -2.44. The molecule has 1 aliphatic carbocycles. The fourth-order valence-electron chi connectivity index (χ4n) is 4.95. The molecule has 1 aliphatic heterocycles. The van der Waals surface area contributed by atoms with E-state index in [1.54, 1.807) is 0 Å². The van der Waals surface area contributed by atoms with Gasteiger partial charge in [0.05, 0.1) is 0 Å². The quantitative estimate of drug-likeness (QED) is 0.796. The van der Waals surface area contributed by atoms with Crippen LogP contribution >= 0.6 is 0 Å². The topological polar surface area (TPSA) is 49.6 Å². The largest absolute Gasteiger partial charge is 0.343 e. The Morgan fingerprint density at radius 1 is 1.15 bits per heavy atom. The molecule has 0 bridgehead atoms. The van der Waals surface area contributed by atoms with Gasteiger partial charge in [-0.15, -0.1) is 0 Å². The summed E-state index contributed by atoms with van der Waals surface area (Å²) in [6.45, 7) is 4.62. The van der Waals surface area contributed by atoms with Crippen molar-refractivity contribution in [3.63, 3.8) is 0 Å². The molecule has 0 atom stereocenters. The lowest BCUT2D eigenvalue weighted by Gasteiger charge is -2.39. The first kappa shape index (κ1) is 20.3. The summed E-state index contributed by atoms with van der Waals surface area (Å²) in [4.78, 5) is 17.4. The van der Waals surface area contributed by atoms with Crippen LogP contribution in [-0.2, 0) is 11.3 Å². The maximum atomic E-state index is 12.9. The Morgan fingerprint density at radius 2 is 1.81 bits per heavy atom. The molecule has 0 radical (unpaired) electrons. The van der Waals surface area contributed by atoms with Crippen molar-refractivity contribution in [2.24, 2.45) is 17.1 Å². The maximum absolute atomic E-state index is 12.9. The van der Waals surface area contributed by atoms with E-state index in [1.165, 1.54) is 24.8 Å². The number of amides is 1. The van der Waals surface area contributed by atoms with E-state index < -0.39 is 0 Å². The minimum atomic E-state index is 0.0854. The number of carbonyl (C=O) groups excluding carboxylic acids is 1. The van der Waals surface area contributed by atoms with E-state index in [2.05, 4.69) is 47.2 Å². The molecule has 27 heavy (non-hydrogen) atoms. The van der Waals surface area contributed by atoms with E-state index in [0.29, 0.717) is 24.8 Å². The zero-order valence-corrected chi connectivity index (χ0v) is 17.0. The SMILES string of the molecule is CN(Cc1ccccc1)CC1CCN(C(=O)CC2(CN)CCCCC2)CC1. The number of nitrogens with two attached hydrogens (primary N) is 1. The average Bonchev–Trinajstić information content (AvgIpc) is 2.70. The molecule has 150 valence electrons. The molecule has 2 fully saturated rings. The highest BCUT2D eigenvalue weighted by Crippen LogP contribution is 2.39. The van der Waals surface area contributed by atoms with E-state index in [-0.39, 0.29) is 5.41 Å². The van der Waals surface area contributed by atoms with E-state index >= 15 is 0 Å². The number of nitrogens with zero attached hydrogens (tertiary/aromatic N) is 2. The summed E-state index contributed by atoms with van der Waals surface area (Å²) < 4.78 is 0. The molecule has 1 saturated heterocycles. The van der Waals surface area contributed by atoms with Crippen LogP contribution in [0.1, 0.15) is 56.9 Å². The van der Waals surface area contributed by atoms with E-state index in [1.807, 2.05) is 0 Å². The zero-order valence-electron chi connectivity index (χ0n) is 17.0. The molecular formula is C23H37N3O. The van der Waals surface area contributed by atoms with Crippen molar-refractivity contribution in [3.8, 4) is 0 Å². The first-order chi connectivity index (χ1) is 13.1. The summed E-state index contributed by atoms with van der Waals surface area (Å²) in [6.07, 6.45) is 8.97. The van der Waals surface area contributed by atoms with Gasteiger partial charge in [-0.25, -0.2) is 0 Å². The molecule has 1 aromatic carbocycles. The highest BCUT2D eigenvalue weighted by Gasteiger charge is 2.35. The van der Waals surface area contributed by atoms with Crippen molar-refractivity contribution in [1.82, 2.24) is 9.80 Å². The number of benzene rings is 1. The second kappa shape index (κ2) is 9.70. The monoisotopic (exact) mass is 371 g/mol. The van der Waals surface area contributed by atoms with Gasteiger partial charge in [0.15, 0.2) is 0 Å². The Balaban J connectivity index is 1.42. The number of hydrogen-bond donors (Lipinski definition) is 1. The fraction of sp³-hybridized carbons (Fsp3) is 0.696. The molecule has 4 heteroatoms. The number of piperidine rings is 1. The molecule has 2 N–H and O–H groups in total. The predicted molar refractivity (Wildman–Crippen MR) is 111 cm³/mol. The third-order valence-electron chi connectivity index (χ3n) is 6.71. The Morgan fingerprint density at radius 3 is 2.44 bits per heavy atom. The third kappa shape index (κ3) is 5.79. The molecule has 1 heterocycles. The molecule has 0 spiro atoms. The highest BCUT2D eigenvalue weighted by molar-refractivity contribution is 5.77. The summed E-state index contributed by atoms with van der Waals surface area (Å²) in [5.41, 5.74) is 7.53. The van der Waals surface area contributed by atoms with Crippen molar-refractivity contribution in [3.05, 3.63) is 35.9 Å². The highest BCUT2D eigenvalue weighted by atomic mass is 16.2. The lowest BCUT2D eigenvalue weighted by atomic mass is 9.71. The molecule has 1 saturated carbocycles. The van der Waals surface area contributed by atoms with Gasteiger partial charge >= 0.3 is 0 Å². The van der Waals surface area contributed by atoms with Crippen LogP contribution in [0.4, 0.5) is 0 Å². The Labute approximate surface area is 165 Å². The molecule has 1 aromatic rings. The van der Waals surface area contributed by atoms with Crippen LogP contribution in [0.2, 0.25) is 0 Å². The van der Waals surface area contributed by atoms with Crippen LogP contribution in [0.25, 0.3) is 0 Å². The summed E-state index contributed by atoms with van der Waals surface area (Å²) >= 11 is 0. The van der Waals surface area contributed by atoms with Crippen molar-refractivity contribution < 1.29 is 4.79 Å². The number of likely N-dealkylation sites (tertiary alicyclic amines) is 1. The predicted octanol–water partition coefficient (Wildman–Crippen LogP) is 3.66. The smallest absolute Gasteiger partial charge is 0.223 e. The van der Waals surface area contributed by atoms with Crippen LogP contribution in [-0.4, -0.2) is 48.9 Å². The summed E-state index contributed by atoms with van der Waals surface area (Å²) in [7, 11) is 2.21. The van der Waals surface area contributed by atoms with Gasteiger partial charge < -0.3 is 15.5 Å². The van der Waals surface area contributed by atoms with E-state index in [4.69, 9.17) is 5.73 Å². The zero-order chi connectivity index (χ0) is 19.1. The standard InChI is InChI=1S/C23H37N3O/c1-25(17-20-8-4-2-5-9-20)18-21-10-14-26(15-11-21)22(27)16-23(19-24)12-6-3-7-13-23/h2,4-5,8-9,21H,3,6-7,10-19,24H2,1H3. The van der Waals surface area contributed by atoms with Gasteiger partial charge in [0, 0.05) is 32.6 Å². The van der Waals surface area contributed by atoms with E-state index in [0.717, 1.165) is 51.9 Å². The lowest BCUT2D eigenvalue weighted by molar-refractivity contribution is -0.135. The second-order valence-corrected chi connectivity index (χ2v) is 8.95. The first-order valence-corrected chi connectivity index (χ1v) is 10.8. The maximum Gasteiger partial charge on any atom is 0.223 e. The second-order valence-electron chi connectivity index (χ2n) is 8.95. The summed E-state index contributed by atoms with van der Waals surface area (Å²) in [5.74, 6) is 1.04. The van der Waals surface area contributed by atoms with Gasteiger partial charge in [0.1, 0.15) is 0 Å². The van der Waals surface area contributed by atoms with Gasteiger partial charge in [0.2, 0.25) is 5.91 Å². The molecule has 0 unspecified atom stereocenters. The summed E-state index contributed by atoms with van der Waals surface area (Å²) in [6, 6.07) is 10.7. The molecular weight excluding hydrogens is 334 g/mol. The van der Waals surface area contributed by atoms with Gasteiger partial charge in [-0.1, -0.05) is 49.6 Å². The van der Waals surface area contributed by atoms with Gasteiger partial charge in [0.25, 0.3) is 0 Å². The molecule has 3 rings (SSSR count). The van der Waals surface area contributed by atoms with Gasteiger partial charge in [-0.05, 0) is 56.2 Å². The summed E-state index contributed by atoms with van der Waals surface area (Å²) in [5, 5.41) is 0. The van der Waals surface area contributed by atoms with Crippen LogP contribution in [0, 0.1) is 11.3 Å². The Bertz CT molecular complexity index is 575. The molecule has 1 amide bonds. The average molecular weight is 372 g/mol. The normalized spacial score (nSPS) is 20.8. The third-order valence-corrected chi connectivity index (χ3v) is 6.71. The number of rotatable bonds is 7. The minimum Gasteiger partial charge on any atom is -0.343 e. The Hall–Kier alpha value is -1.39. The van der Waals surface area contributed by atoms with Crippen LogP contribution in [0.15, 0.2) is 30.3 Å². The number of hydrogen-bond acceptors (Lipinski definition) is 3. The van der Waals surface area contributed by atoms with Crippen molar-refractivity contribution in [1.29, 1.82) is 0 Å².